The van der Waals surface area contributed by atoms with Crippen molar-refractivity contribution >= 4 is 21.6 Å². The van der Waals surface area contributed by atoms with Crippen molar-refractivity contribution in [2.45, 2.75) is 50.7 Å². The summed E-state index contributed by atoms with van der Waals surface area (Å²) < 4.78 is 32.1. The van der Waals surface area contributed by atoms with Crippen molar-refractivity contribution < 1.29 is 17.9 Å². The molecule has 0 aliphatic heterocycles. The minimum absolute atomic E-state index is 0.135. The normalized spacial score (nSPS) is 27.8. The maximum Gasteiger partial charge on any atom is 0.241 e. The van der Waals surface area contributed by atoms with Crippen LogP contribution in [-0.2, 0) is 21.4 Å². The Morgan fingerprint density at radius 1 is 0.970 bits per heavy atom. The van der Waals surface area contributed by atoms with Crippen molar-refractivity contribution in [1.29, 1.82) is 0 Å². The van der Waals surface area contributed by atoms with Gasteiger partial charge in [-0.3, -0.25) is 9.10 Å². The van der Waals surface area contributed by atoms with Gasteiger partial charge in [-0.05, 0) is 86.1 Å². The first kappa shape index (κ1) is 22.3. The third kappa shape index (κ3) is 5.03. The molecule has 2 aromatic rings. The third-order valence-corrected chi connectivity index (χ3v) is 8.64. The van der Waals surface area contributed by atoms with Crippen LogP contribution in [0.2, 0.25) is 0 Å². The van der Waals surface area contributed by atoms with Gasteiger partial charge in [0, 0.05) is 5.54 Å². The molecule has 2 aromatic carbocycles. The van der Waals surface area contributed by atoms with Crippen molar-refractivity contribution in [3.63, 3.8) is 0 Å². The van der Waals surface area contributed by atoms with E-state index in [1.54, 1.807) is 24.3 Å². The summed E-state index contributed by atoms with van der Waals surface area (Å²) in [5.41, 5.74) is 1.38. The van der Waals surface area contributed by atoms with E-state index in [1.165, 1.54) is 23.6 Å². The van der Waals surface area contributed by atoms with E-state index in [9.17, 15) is 13.2 Å². The molecule has 0 heterocycles. The summed E-state index contributed by atoms with van der Waals surface area (Å²) in [5.74, 6) is 2.57. The number of nitrogens with zero attached hydrogens (tertiary/aromatic N) is 1. The molecule has 0 atom stereocenters. The van der Waals surface area contributed by atoms with Crippen molar-refractivity contribution in [3.8, 4) is 5.75 Å². The molecule has 1 amide bonds. The van der Waals surface area contributed by atoms with E-state index in [-0.39, 0.29) is 18.0 Å². The lowest BCUT2D eigenvalue weighted by molar-refractivity contribution is -0.125. The molecule has 7 heteroatoms. The van der Waals surface area contributed by atoms with Crippen LogP contribution in [0.5, 0.6) is 5.75 Å². The average Bonchev–Trinajstić information content (AvgIpc) is 2.75. The molecule has 0 radical (unpaired) electrons. The predicted molar refractivity (Wildman–Crippen MR) is 128 cm³/mol. The van der Waals surface area contributed by atoms with Gasteiger partial charge in [-0.1, -0.05) is 30.3 Å². The quantitative estimate of drug-likeness (QED) is 0.632. The Balaban J connectivity index is 1.25. The van der Waals surface area contributed by atoms with Crippen LogP contribution in [0.1, 0.15) is 44.1 Å². The van der Waals surface area contributed by atoms with Crippen LogP contribution >= 0.6 is 0 Å². The zero-order valence-electron chi connectivity index (χ0n) is 19.1. The fourth-order valence-electron chi connectivity index (χ4n) is 6.58. The molecule has 4 aliphatic carbocycles. The van der Waals surface area contributed by atoms with Crippen LogP contribution in [0.25, 0.3) is 0 Å². The van der Waals surface area contributed by atoms with Crippen molar-refractivity contribution in [2.75, 3.05) is 17.1 Å². The molecular weight excluding hydrogens is 436 g/mol. The maximum atomic E-state index is 13.0. The summed E-state index contributed by atoms with van der Waals surface area (Å²) in [5, 5.41) is 3.28. The molecule has 33 heavy (non-hydrogen) atoms. The van der Waals surface area contributed by atoms with Crippen LogP contribution in [0.4, 0.5) is 5.69 Å². The number of rotatable bonds is 8. The number of carbonyl (C=O) groups excluding carboxylic acids is 1. The van der Waals surface area contributed by atoms with Crippen molar-refractivity contribution in [3.05, 3.63) is 60.2 Å². The molecular formula is C26H32N2O4S. The summed E-state index contributed by atoms with van der Waals surface area (Å²) >= 11 is 0. The summed E-state index contributed by atoms with van der Waals surface area (Å²) in [4.78, 5) is 13.0. The lowest BCUT2D eigenvalue weighted by atomic mass is 9.53. The minimum atomic E-state index is -3.62. The fraction of sp³-hybridized carbons (Fsp3) is 0.500. The zero-order chi connectivity index (χ0) is 23.1. The summed E-state index contributed by atoms with van der Waals surface area (Å²) in [6.07, 6.45) is 8.14. The van der Waals surface area contributed by atoms with Gasteiger partial charge < -0.3 is 10.1 Å². The number of amides is 1. The van der Waals surface area contributed by atoms with Gasteiger partial charge >= 0.3 is 0 Å². The van der Waals surface area contributed by atoms with Crippen molar-refractivity contribution in [1.82, 2.24) is 5.32 Å². The van der Waals surface area contributed by atoms with Gasteiger partial charge in [0.15, 0.2) is 0 Å². The SMILES string of the molecule is CS(=O)(=O)N(CC(=O)NC12CC3CC(CC(C3)C1)C2)c1ccc(OCc2ccccc2)cc1. The van der Waals surface area contributed by atoms with Crippen molar-refractivity contribution in [2.24, 2.45) is 17.8 Å². The highest BCUT2D eigenvalue weighted by Crippen LogP contribution is 2.55. The molecule has 176 valence electrons. The average molecular weight is 469 g/mol. The van der Waals surface area contributed by atoms with Gasteiger partial charge in [-0.25, -0.2) is 8.42 Å². The van der Waals surface area contributed by atoms with Gasteiger partial charge in [-0.15, -0.1) is 0 Å². The lowest BCUT2D eigenvalue weighted by Crippen LogP contribution is -2.61. The molecule has 4 saturated carbocycles. The number of nitrogens with one attached hydrogen (secondary N) is 1. The summed E-state index contributed by atoms with van der Waals surface area (Å²) in [7, 11) is -3.62. The summed E-state index contributed by atoms with van der Waals surface area (Å²) in [6, 6.07) is 16.7. The second-order valence-electron chi connectivity index (χ2n) is 10.3. The third-order valence-electron chi connectivity index (χ3n) is 7.50. The van der Waals surface area contributed by atoms with Crippen LogP contribution in [-0.4, -0.2) is 32.7 Å². The molecule has 0 aromatic heterocycles. The van der Waals surface area contributed by atoms with Crippen LogP contribution < -0.4 is 14.4 Å². The Kier molecular flexibility index (Phi) is 5.85. The molecule has 6 rings (SSSR count). The van der Waals surface area contributed by atoms with E-state index >= 15 is 0 Å². The van der Waals surface area contributed by atoms with E-state index < -0.39 is 10.0 Å². The predicted octanol–water partition coefficient (Wildman–Crippen LogP) is 4.12. The first-order valence-corrected chi connectivity index (χ1v) is 13.7. The highest BCUT2D eigenvalue weighted by molar-refractivity contribution is 7.92. The molecule has 1 N–H and O–H groups in total. The second-order valence-corrected chi connectivity index (χ2v) is 12.2. The maximum absolute atomic E-state index is 13.0. The zero-order valence-corrected chi connectivity index (χ0v) is 19.9. The number of hydrogen-bond donors (Lipinski definition) is 1. The molecule has 0 saturated heterocycles. The number of hydrogen-bond acceptors (Lipinski definition) is 4. The highest BCUT2D eigenvalue weighted by atomic mass is 32.2. The van der Waals surface area contributed by atoms with Gasteiger partial charge in [0.1, 0.15) is 18.9 Å². The van der Waals surface area contributed by atoms with Gasteiger partial charge in [0.2, 0.25) is 15.9 Å². The molecule has 0 unspecified atom stereocenters. The molecule has 0 spiro atoms. The highest BCUT2D eigenvalue weighted by Gasteiger charge is 2.51. The first-order chi connectivity index (χ1) is 15.8. The number of sulfonamides is 1. The number of anilines is 1. The molecule has 6 nitrogen and oxygen atoms in total. The number of ether oxygens (including phenoxy) is 1. The minimum Gasteiger partial charge on any atom is -0.489 e. The first-order valence-electron chi connectivity index (χ1n) is 11.8. The second kappa shape index (κ2) is 8.67. The van der Waals surface area contributed by atoms with Crippen LogP contribution in [0.3, 0.4) is 0 Å². The van der Waals surface area contributed by atoms with E-state index in [1.807, 2.05) is 30.3 Å². The molecule has 4 aliphatic rings. The van der Waals surface area contributed by atoms with E-state index in [0.717, 1.165) is 31.1 Å². The smallest absolute Gasteiger partial charge is 0.241 e. The Morgan fingerprint density at radius 3 is 2.09 bits per heavy atom. The number of benzene rings is 2. The molecule has 4 fully saturated rings. The lowest BCUT2D eigenvalue weighted by Gasteiger charge is -2.57. The van der Waals surface area contributed by atoms with Gasteiger partial charge in [0.05, 0.1) is 11.9 Å². The standard InChI is InChI=1S/C26H32N2O4S/c1-33(30,31)28(23-7-9-24(10-8-23)32-18-19-5-3-2-4-6-19)17-25(29)27-26-14-20-11-21(15-26)13-22(12-20)16-26/h2-10,20-22H,11-18H2,1H3,(H,27,29). The van der Waals surface area contributed by atoms with Crippen LogP contribution in [0, 0.1) is 17.8 Å². The monoisotopic (exact) mass is 468 g/mol. The number of carbonyl (C=O) groups is 1. The molecule has 4 bridgehead atoms. The van der Waals surface area contributed by atoms with Crippen LogP contribution in [0.15, 0.2) is 54.6 Å². The largest absolute Gasteiger partial charge is 0.489 e. The van der Waals surface area contributed by atoms with E-state index in [2.05, 4.69) is 5.32 Å². The Morgan fingerprint density at radius 2 is 1.55 bits per heavy atom. The fourth-order valence-corrected chi connectivity index (χ4v) is 7.44. The van der Waals surface area contributed by atoms with Gasteiger partial charge in [-0.2, -0.15) is 0 Å². The Hall–Kier alpha value is -2.54. The van der Waals surface area contributed by atoms with Gasteiger partial charge in [0.25, 0.3) is 0 Å². The topological polar surface area (TPSA) is 75.7 Å². The Bertz CT molecular complexity index is 1060. The summed E-state index contributed by atoms with van der Waals surface area (Å²) in [6.45, 7) is 0.230. The van der Waals surface area contributed by atoms with E-state index in [0.29, 0.717) is 35.8 Å². The Labute approximate surface area is 196 Å². The van der Waals surface area contributed by atoms with E-state index in [4.69, 9.17) is 4.74 Å².